The number of nitrogens with zero attached hydrogens (tertiary/aromatic N) is 5. The van der Waals surface area contributed by atoms with Crippen LogP contribution in [0.1, 0.15) is 24.1 Å². The second-order valence-corrected chi connectivity index (χ2v) is 4.28. The van der Waals surface area contributed by atoms with Crippen LogP contribution in [0.4, 0.5) is 11.6 Å². The van der Waals surface area contributed by atoms with Gasteiger partial charge in [0, 0.05) is 26.1 Å². The molecule has 0 fully saturated rings. The summed E-state index contributed by atoms with van der Waals surface area (Å²) < 4.78 is 1.88. The highest BCUT2D eigenvalue weighted by Gasteiger charge is 2.10. The van der Waals surface area contributed by atoms with Gasteiger partial charge in [0.25, 0.3) is 0 Å². The second kappa shape index (κ2) is 5.64. The average molecular weight is 261 g/mol. The quantitative estimate of drug-likeness (QED) is 0.839. The van der Waals surface area contributed by atoms with Crippen molar-refractivity contribution >= 4 is 11.6 Å². The zero-order valence-corrected chi connectivity index (χ0v) is 11.7. The van der Waals surface area contributed by atoms with Crippen molar-refractivity contribution in [3.63, 3.8) is 0 Å². The fourth-order valence-corrected chi connectivity index (χ4v) is 1.77. The highest BCUT2D eigenvalue weighted by molar-refractivity contribution is 5.56. The highest BCUT2D eigenvalue weighted by atomic mass is 15.3. The fourth-order valence-electron chi connectivity index (χ4n) is 1.77. The van der Waals surface area contributed by atoms with Crippen LogP contribution in [0.3, 0.4) is 0 Å². The molecule has 0 radical (unpaired) electrons. The van der Waals surface area contributed by atoms with Crippen molar-refractivity contribution in [3.8, 4) is 0 Å². The van der Waals surface area contributed by atoms with Gasteiger partial charge >= 0.3 is 0 Å². The molecule has 0 aliphatic rings. The summed E-state index contributed by atoms with van der Waals surface area (Å²) in [6.07, 6.45) is 2.48. The number of hydrogen-bond donors (Lipinski definition) is 2. The first-order valence-electron chi connectivity index (χ1n) is 6.27. The van der Waals surface area contributed by atoms with Crippen molar-refractivity contribution in [2.75, 3.05) is 17.7 Å². The number of hydrogen-bond acceptors (Lipinski definition) is 6. The van der Waals surface area contributed by atoms with Crippen LogP contribution in [0.25, 0.3) is 0 Å². The Labute approximate surface area is 112 Å². The molecular formula is C12H19N7. The van der Waals surface area contributed by atoms with Gasteiger partial charge in [-0.05, 0) is 6.92 Å². The molecule has 0 aliphatic heterocycles. The summed E-state index contributed by atoms with van der Waals surface area (Å²) in [5.74, 6) is 3.36. The first kappa shape index (κ1) is 13.3. The maximum absolute atomic E-state index is 4.51. The van der Waals surface area contributed by atoms with E-state index < -0.39 is 0 Å². The molecule has 2 heterocycles. The number of nitrogens with one attached hydrogen (secondary N) is 2. The van der Waals surface area contributed by atoms with Crippen LogP contribution in [0.5, 0.6) is 0 Å². The summed E-state index contributed by atoms with van der Waals surface area (Å²) in [4.78, 5) is 8.95. The summed E-state index contributed by atoms with van der Waals surface area (Å²) in [7, 11) is 3.78. The predicted octanol–water partition coefficient (Wildman–Crippen LogP) is 1.13. The molecule has 19 heavy (non-hydrogen) atoms. The molecule has 0 spiro atoms. The van der Waals surface area contributed by atoms with Crippen LogP contribution in [0.2, 0.25) is 0 Å². The van der Waals surface area contributed by atoms with Gasteiger partial charge in [-0.25, -0.2) is 9.97 Å². The van der Waals surface area contributed by atoms with Crippen molar-refractivity contribution < 1.29 is 0 Å². The molecule has 0 unspecified atom stereocenters. The van der Waals surface area contributed by atoms with Crippen molar-refractivity contribution in [2.45, 2.75) is 26.8 Å². The number of anilines is 2. The molecule has 2 aromatic heterocycles. The van der Waals surface area contributed by atoms with Gasteiger partial charge in [0.1, 0.15) is 23.8 Å². The molecule has 2 aromatic rings. The van der Waals surface area contributed by atoms with E-state index >= 15 is 0 Å². The van der Waals surface area contributed by atoms with Gasteiger partial charge in [0.2, 0.25) is 0 Å². The normalized spacial score (nSPS) is 10.5. The summed E-state index contributed by atoms with van der Waals surface area (Å²) in [5.41, 5.74) is 1.00. The van der Waals surface area contributed by atoms with Crippen molar-refractivity contribution in [3.05, 3.63) is 23.5 Å². The molecular weight excluding hydrogens is 242 g/mol. The summed E-state index contributed by atoms with van der Waals surface area (Å²) in [6.45, 7) is 4.61. The maximum Gasteiger partial charge on any atom is 0.151 e. The van der Waals surface area contributed by atoms with Gasteiger partial charge in [-0.2, -0.15) is 0 Å². The molecule has 0 aliphatic carbocycles. The largest absolute Gasteiger partial charge is 0.373 e. The van der Waals surface area contributed by atoms with E-state index in [1.165, 1.54) is 0 Å². The zero-order chi connectivity index (χ0) is 13.8. The molecule has 7 heteroatoms. The molecule has 0 amide bonds. The van der Waals surface area contributed by atoms with Crippen LogP contribution in [-0.2, 0) is 20.0 Å². The third kappa shape index (κ3) is 2.81. The zero-order valence-electron chi connectivity index (χ0n) is 11.7. The van der Waals surface area contributed by atoms with Gasteiger partial charge in [-0.15, -0.1) is 10.2 Å². The van der Waals surface area contributed by atoms with E-state index in [0.717, 1.165) is 35.3 Å². The molecule has 7 nitrogen and oxygen atoms in total. The standard InChI is InChI=1S/C12H19N7/c1-5-9-16-11(13-3)8(2)12(17-9)14-6-10-18-15-7-19(10)4/h7H,5-6H2,1-4H3,(H2,13,14,16,17). The van der Waals surface area contributed by atoms with E-state index in [1.807, 2.05) is 32.5 Å². The molecule has 102 valence electrons. The Morgan fingerprint density at radius 1 is 1.26 bits per heavy atom. The SMILES string of the molecule is CCc1nc(NC)c(C)c(NCc2nncn2C)n1. The van der Waals surface area contributed by atoms with Gasteiger partial charge in [0.05, 0.1) is 6.54 Å². The third-order valence-electron chi connectivity index (χ3n) is 2.96. The smallest absolute Gasteiger partial charge is 0.151 e. The van der Waals surface area contributed by atoms with Gasteiger partial charge < -0.3 is 15.2 Å². The Balaban J connectivity index is 2.22. The van der Waals surface area contributed by atoms with Crippen molar-refractivity contribution in [1.29, 1.82) is 0 Å². The Kier molecular flexibility index (Phi) is 3.94. The Morgan fingerprint density at radius 3 is 2.58 bits per heavy atom. The number of aryl methyl sites for hydroxylation is 2. The molecule has 0 atom stereocenters. The molecule has 0 aromatic carbocycles. The molecule has 2 N–H and O–H groups in total. The van der Waals surface area contributed by atoms with E-state index in [0.29, 0.717) is 6.54 Å². The van der Waals surface area contributed by atoms with Crippen molar-refractivity contribution in [1.82, 2.24) is 24.7 Å². The molecule has 0 bridgehead atoms. The first-order chi connectivity index (χ1) is 9.15. The van der Waals surface area contributed by atoms with E-state index in [-0.39, 0.29) is 0 Å². The summed E-state index contributed by atoms with van der Waals surface area (Å²) in [5, 5.41) is 14.3. The van der Waals surface area contributed by atoms with Gasteiger partial charge in [-0.3, -0.25) is 0 Å². The lowest BCUT2D eigenvalue weighted by molar-refractivity contribution is 0.806. The first-order valence-corrected chi connectivity index (χ1v) is 6.27. The lowest BCUT2D eigenvalue weighted by Crippen LogP contribution is -2.11. The predicted molar refractivity (Wildman–Crippen MR) is 74.0 cm³/mol. The summed E-state index contributed by atoms with van der Waals surface area (Å²) in [6, 6.07) is 0. The van der Waals surface area contributed by atoms with Crippen LogP contribution < -0.4 is 10.6 Å². The topological polar surface area (TPSA) is 80.5 Å². The van der Waals surface area contributed by atoms with Crippen LogP contribution in [-0.4, -0.2) is 31.8 Å². The number of rotatable bonds is 5. The van der Waals surface area contributed by atoms with Gasteiger partial charge in [-0.1, -0.05) is 6.92 Å². The average Bonchev–Trinajstić information content (AvgIpc) is 2.83. The highest BCUT2D eigenvalue weighted by Crippen LogP contribution is 2.20. The van der Waals surface area contributed by atoms with Crippen molar-refractivity contribution in [2.24, 2.45) is 7.05 Å². The Hall–Kier alpha value is -2.18. The molecule has 0 saturated heterocycles. The Morgan fingerprint density at radius 2 is 2.00 bits per heavy atom. The van der Waals surface area contributed by atoms with E-state index in [2.05, 4.69) is 30.8 Å². The lowest BCUT2D eigenvalue weighted by atomic mass is 10.3. The van der Waals surface area contributed by atoms with E-state index in [9.17, 15) is 0 Å². The Bertz CT molecular complexity index is 561. The minimum absolute atomic E-state index is 0.584. The third-order valence-corrected chi connectivity index (χ3v) is 2.96. The fraction of sp³-hybridized carbons (Fsp3) is 0.500. The van der Waals surface area contributed by atoms with Crippen LogP contribution in [0.15, 0.2) is 6.33 Å². The van der Waals surface area contributed by atoms with Crippen LogP contribution >= 0.6 is 0 Å². The molecule has 2 rings (SSSR count). The monoisotopic (exact) mass is 261 g/mol. The minimum atomic E-state index is 0.584. The maximum atomic E-state index is 4.51. The second-order valence-electron chi connectivity index (χ2n) is 4.28. The lowest BCUT2D eigenvalue weighted by Gasteiger charge is -2.13. The van der Waals surface area contributed by atoms with E-state index in [4.69, 9.17) is 0 Å². The van der Waals surface area contributed by atoms with Gasteiger partial charge in [0.15, 0.2) is 5.82 Å². The number of aromatic nitrogens is 5. The van der Waals surface area contributed by atoms with E-state index in [1.54, 1.807) is 6.33 Å². The molecule has 0 saturated carbocycles. The van der Waals surface area contributed by atoms with Crippen LogP contribution in [0, 0.1) is 6.92 Å². The summed E-state index contributed by atoms with van der Waals surface area (Å²) >= 11 is 0. The minimum Gasteiger partial charge on any atom is -0.373 e.